The molecule has 4 bridgehead atoms. The molecule has 4 aliphatic rings. The van der Waals surface area contributed by atoms with Crippen molar-refractivity contribution in [2.75, 3.05) is 6.54 Å². The number of carbonyl (C=O) groups is 2. The molecule has 4 aliphatic carbocycles. The Balaban J connectivity index is 1.18. The molecule has 0 spiro atoms. The predicted molar refractivity (Wildman–Crippen MR) is 155 cm³/mol. The fourth-order valence-electron chi connectivity index (χ4n) is 7.48. The van der Waals surface area contributed by atoms with Gasteiger partial charge in [0.1, 0.15) is 0 Å². The van der Waals surface area contributed by atoms with E-state index in [1.54, 1.807) is 35.0 Å². The minimum Gasteiger partial charge on any atom is -0.351 e. The van der Waals surface area contributed by atoms with Crippen LogP contribution in [0.2, 0.25) is 15.1 Å². The molecule has 0 unspecified atom stereocenters. The van der Waals surface area contributed by atoms with Gasteiger partial charge >= 0.3 is 0 Å². The minimum absolute atomic E-state index is 0.00861. The van der Waals surface area contributed by atoms with Crippen molar-refractivity contribution in [1.29, 1.82) is 0 Å². The smallest absolute Gasteiger partial charge is 0.272 e. The van der Waals surface area contributed by atoms with Gasteiger partial charge in [-0.2, -0.15) is 5.10 Å². The van der Waals surface area contributed by atoms with Gasteiger partial charge in [-0.15, -0.1) is 0 Å². The van der Waals surface area contributed by atoms with Crippen LogP contribution in [0.5, 0.6) is 0 Å². The lowest BCUT2D eigenvalue weighted by Gasteiger charge is -2.56. The second kappa shape index (κ2) is 10.5. The first-order chi connectivity index (χ1) is 18.7. The molecule has 0 atom stereocenters. The molecule has 2 amide bonds. The van der Waals surface area contributed by atoms with Crippen molar-refractivity contribution in [1.82, 2.24) is 20.4 Å². The van der Waals surface area contributed by atoms with Gasteiger partial charge in [-0.05, 0) is 93.5 Å². The van der Waals surface area contributed by atoms with Crippen LogP contribution in [0.25, 0.3) is 16.9 Å². The lowest BCUT2D eigenvalue weighted by Crippen LogP contribution is -2.60. The first-order valence-electron chi connectivity index (χ1n) is 13.6. The Morgan fingerprint density at radius 1 is 0.949 bits per heavy atom. The zero-order chi connectivity index (χ0) is 27.3. The quantitative estimate of drug-likeness (QED) is 0.313. The third-order valence-electron chi connectivity index (χ3n) is 8.67. The van der Waals surface area contributed by atoms with Gasteiger partial charge in [-0.25, -0.2) is 4.68 Å². The molecular formula is C30H31Cl3N4O2. The van der Waals surface area contributed by atoms with E-state index >= 15 is 0 Å². The summed E-state index contributed by atoms with van der Waals surface area (Å²) in [6.07, 6.45) is 7.54. The zero-order valence-corrected chi connectivity index (χ0v) is 24.0. The summed E-state index contributed by atoms with van der Waals surface area (Å²) in [6.45, 7) is 2.09. The summed E-state index contributed by atoms with van der Waals surface area (Å²) < 4.78 is 1.66. The number of benzene rings is 2. The number of amides is 2. The fourth-order valence-corrected chi connectivity index (χ4v) is 8.10. The maximum atomic E-state index is 13.3. The largest absolute Gasteiger partial charge is 0.351 e. The van der Waals surface area contributed by atoms with Crippen molar-refractivity contribution in [2.24, 2.45) is 17.8 Å². The van der Waals surface area contributed by atoms with E-state index in [4.69, 9.17) is 34.8 Å². The predicted octanol–water partition coefficient (Wildman–Crippen LogP) is 7.01. The number of hydrogen-bond donors (Lipinski definition) is 2. The highest BCUT2D eigenvalue weighted by atomic mass is 35.5. The molecule has 4 saturated carbocycles. The number of hydrogen-bond acceptors (Lipinski definition) is 3. The molecule has 0 saturated heterocycles. The van der Waals surface area contributed by atoms with Crippen LogP contribution in [0.3, 0.4) is 0 Å². The molecule has 1 heterocycles. The second-order valence-corrected chi connectivity index (χ2v) is 12.9. The fraction of sp³-hybridized carbons (Fsp3) is 0.433. The van der Waals surface area contributed by atoms with E-state index in [0.29, 0.717) is 26.3 Å². The van der Waals surface area contributed by atoms with E-state index < -0.39 is 0 Å². The Bertz CT molecular complexity index is 1400. The number of halogens is 3. The highest BCUT2D eigenvalue weighted by Gasteiger charge is 2.51. The van der Waals surface area contributed by atoms with Crippen LogP contribution in [0, 0.1) is 24.7 Å². The van der Waals surface area contributed by atoms with Gasteiger partial charge in [0.15, 0.2) is 5.69 Å². The summed E-state index contributed by atoms with van der Waals surface area (Å²) in [5.41, 5.74) is 3.09. The van der Waals surface area contributed by atoms with Crippen LogP contribution in [0.1, 0.15) is 61.0 Å². The van der Waals surface area contributed by atoms with Crippen LogP contribution in [0.15, 0.2) is 42.5 Å². The molecule has 0 radical (unpaired) electrons. The molecule has 6 nitrogen and oxygen atoms in total. The standard InChI is InChI=1S/C30H31Cl3N4O2/c1-17-27(29(39)34-9-8-26(38)35-30-14-18-10-19(15-30)12-20(11-18)16-30)36-37(25-7-6-23(32)13-24(25)33)28(17)21-2-4-22(31)5-3-21/h2-7,13,18-20H,8-12,14-16H2,1H3,(H,34,39)(H,35,38). The zero-order valence-electron chi connectivity index (χ0n) is 21.8. The molecule has 204 valence electrons. The SMILES string of the molecule is Cc1c(C(=O)NCCC(=O)NC23CC4CC(CC(C4)C2)C3)nn(-c2ccc(Cl)cc2Cl)c1-c1ccc(Cl)cc1. The molecule has 3 aromatic rings. The van der Waals surface area contributed by atoms with Crippen molar-refractivity contribution in [3.8, 4) is 16.9 Å². The summed E-state index contributed by atoms with van der Waals surface area (Å²) in [7, 11) is 0. The number of aromatic nitrogens is 2. The van der Waals surface area contributed by atoms with Crippen LogP contribution >= 0.6 is 34.8 Å². The third-order valence-corrected chi connectivity index (χ3v) is 9.46. The Morgan fingerprint density at radius 3 is 2.18 bits per heavy atom. The summed E-state index contributed by atoms with van der Waals surface area (Å²) in [5, 5.41) is 12.5. The molecule has 0 aliphatic heterocycles. The average molecular weight is 586 g/mol. The van der Waals surface area contributed by atoms with Crippen molar-refractivity contribution in [3.05, 3.63) is 68.8 Å². The summed E-state index contributed by atoms with van der Waals surface area (Å²) >= 11 is 18.8. The molecule has 7 rings (SSSR count). The molecule has 4 fully saturated rings. The van der Waals surface area contributed by atoms with Gasteiger partial charge in [-0.1, -0.05) is 46.9 Å². The van der Waals surface area contributed by atoms with Gasteiger partial charge in [-0.3, -0.25) is 9.59 Å². The van der Waals surface area contributed by atoms with E-state index in [1.807, 2.05) is 19.1 Å². The highest BCUT2D eigenvalue weighted by Crippen LogP contribution is 2.55. The van der Waals surface area contributed by atoms with Gasteiger partial charge in [0.05, 0.1) is 16.4 Å². The van der Waals surface area contributed by atoms with Crippen molar-refractivity contribution < 1.29 is 9.59 Å². The summed E-state index contributed by atoms with van der Waals surface area (Å²) in [5.74, 6) is 1.96. The van der Waals surface area contributed by atoms with Gasteiger partial charge in [0, 0.05) is 39.7 Å². The maximum Gasteiger partial charge on any atom is 0.272 e. The van der Waals surface area contributed by atoms with Crippen LogP contribution < -0.4 is 10.6 Å². The van der Waals surface area contributed by atoms with E-state index in [2.05, 4.69) is 15.7 Å². The van der Waals surface area contributed by atoms with Crippen molar-refractivity contribution in [3.63, 3.8) is 0 Å². The van der Waals surface area contributed by atoms with Crippen LogP contribution in [0.4, 0.5) is 0 Å². The van der Waals surface area contributed by atoms with E-state index in [1.165, 1.54) is 19.3 Å². The van der Waals surface area contributed by atoms with E-state index in [-0.39, 0.29) is 36.0 Å². The van der Waals surface area contributed by atoms with Crippen LogP contribution in [-0.2, 0) is 4.79 Å². The molecule has 2 aromatic carbocycles. The Kier molecular flexibility index (Phi) is 7.15. The maximum absolute atomic E-state index is 13.3. The Labute approximate surface area is 243 Å². The molecule has 39 heavy (non-hydrogen) atoms. The Morgan fingerprint density at radius 2 is 1.56 bits per heavy atom. The number of nitrogens with zero attached hydrogens (tertiary/aromatic N) is 2. The normalized spacial score (nSPS) is 25.1. The Hall–Kier alpha value is -2.54. The average Bonchev–Trinajstić information content (AvgIpc) is 3.20. The number of rotatable bonds is 7. The lowest BCUT2D eigenvalue weighted by molar-refractivity contribution is -0.126. The second-order valence-electron chi connectivity index (χ2n) is 11.6. The number of nitrogens with one attached hydrogen (secondary N) is 2. The van der Waals surface area contributed by atoms with E-state index in [9.17, 15) is 9.59 Å². The van der Waals surface area contributed by atoms with Crippen molar-refractivity contribution in [2.45, 2.75) is 57.4 Å². The van der Waals surface area contributed by atoms with Gasteiger partial charge in [0.25, 0.3) is 5.91 Å². The molecule has 1 aromatic heterocycles. The molecule has 2 N–H and O–H groups in total. The first-order valence-corrected chi connectivity index (χ1v) is 14.7. The molecular weight excluding hydrogens is 555 g/mol. The first kappa shape index (κ1) is 26.7. The lowest BCUT2D eigenvalue weighted by atomic mass is 9.53. The monoisotopic (exact) mass is 584 g/mol. The highest BCUT2D eigenvalue weighted by molar-refractivity contribution is 6.35. The minimum atomic E-state index is -0.339. The van der Waals surface area contributed by atoms with Crippen molar-refractivity contribution >= 4 is 46.6 Å². The summed E-state index contributed by atoms with van der Waals surface area (Å²) in [6, 6.07) is 12.5. The van der Waals surface area contributed by atoms with Gasteiger partial charge in [0.2, 0.25) is 5.91 Å². The number of carbonyl (C=O) groups excluding carboxylic acids is 2. The topological polar surface area (TPSA) is 76.0 Å². The molecule has 9 heteroatoms. The summed E-state index contributed by atoms with van der Waals surface area (Å²) in [4.78, 5) is 26.2. The third kappa shape index (κ3) is 5.31. The van der Waals surface area contributed by atoms with Gasteiger partial charge < -0.3 is 10.6 Å². The van der Waals surface area contributed by atoms with E-state index in [0.717, 1.165) is 48.3 Å². The van der Waals surface area contributed by atoms with Crippen LogP contribution in [-0.4, -0.2) is 33.7 Å².